The summed E-state index contributed by atoms with van der Waals surface area (Å²) in [5.41, 5.74) is 2.34. The van der Waals surface area contributed by atoms with Crippen molar-refractivity contribution in [2.45, 2.75) is 124 Å². The number of ether oxygens (including phenoxy) is 2. The molecule has 296 valence electrons. The van der Waals surface area contributed by atoms with E-state index >= 15 is 0 Å². The molecule has 1 aliphatic rings. The first-order valence-corrected chi connectivity index (χ1v) is 20.3. The Hall–Kier alpha value is -3.19. The van der Waals surface area contributed by atoms with Gasteiger partial charge in [-0.1, -0.05) is 77.3 Å². The lowest BCUT2D eigenvalue weighted by atomic mass is 9.82. The number of rotatable bonds is 21. The van der Waals surface area contributed by atoms with Gasteiger partial charge in [0.25, 0.3) is 5.91 Å². The van der Waals surface area contributed by atoms with Crippen molar-refractivity contribution in [1.82, 2.24) is 20.1 Å². The molecule has 0 bridgehead atoms. The second-order valence-electron chi connectivity index (χ2n) is 15.3. The molecule has 3 rings (SSSR count). The molecule has 0 spiro atoms. The van der Waals surface area contributed by atoms with Crippen molar-refractivity contribution >= 4 is 34.9 Å². The van der Waals surface area contributed by atoms with Gasteiger partial charge < -0.3 is 24.8 Å². The zero-order valence-corrected chi connectivity index (χ0v) is 34.2. The summed E-state index contributed by atoms with van der Waals surface area (Å²) in [6, 6.07) is 7.12. The number of aliphatic hydroxyl groups excluding tert-OH is 1. The van der Waals surface area contributed by atoms with Gasteiger partial charge in [0.2, 0.25) is 5.91 Å². The monoisotopic (exact) mass is 756 g/mol. The topological polar surface area (TPSA) is 138 Å². The number of hydrogen-bond donors (Lipinski definition) is 2. The second-order valence-corrected chi connectivity index (χ2v) is 16.2. The highest BCUT2D eigenvalue weighted by Crippen LogP contribution is 2.32. The molecule has 1 saturated heterocycles. The van der Waals surface area contributed by atoms with Crippen LogP contribution in [0.4, 0.5) is 0 Å². The maximum Gasteiger partial charge on any atom is 0.308 e. The molecule has 0 aliphatic carbocycles. The Morgan fingerprint density at radius 1 is 1.08 bits per heavy atom. The molecule has 0 saturated carbocycles. The number of nitrogens with one attached hydrogen (secondary N) is 1. The molecule has 1 aromatic carbocycles. The predicted molar refractivity (Wildman–Crippen MR) is 208 cm³/mol. The highest BCUT2D eigenvalue weighted by atomic mass is 32.1. The van der Waals surface area contributed by atoms with Gasteiger partial charge in [0.1, 0.15) is 23.5 Å². The maximum atomic E-state index is 14.4. The smallest absolute Gasteiger partial charge is 0.308 e. The summed E-state index contributed by atoms with van der Waals surface area (Å²) >= 11 is 1.19. The van der Waals surface area contributed by atoms with Gasteiger partial charge in [-0.25, -0.2) is 4.98 Å². The first kappa shape index (κ1) is 44.2. The summed E-state index contributed by atoms with van der Waals surface area (Å²) < 4.78 is 10.8. The van der Waals surface area contributed by atoms with E-state index in [0.717, 1.165) is 43.4 Å². The molecule has 7 atom stereocenters. The number of piperidine rings is 1. The average molecular weight is 757 g/mol. The number of nitrogens with zero attached hydrogens (tertiary/aromatic N) is 3. The fraction of sp³-hybridized carbons (Fsp3) is 0.683. The molecule has 0 radical (unpaired) electrons. The predicted octanol–water partition coefficient (Wildman–Crippen LogP) is 6.37. The molecule has 12 heteroatoms. The normalized spacial score (nSPS) is 18.4. The van der Waals surface area contributed by atoms with Crippen LogP contribution in [0.2, 0.25) is 0 Å². The zero-order valence-electron chi connectivity index (χ0n) is 33.4. The Morgan fingerprint density at radius 2 is 1.77 bits per heavy atom. The van der Waals surface area contributed by atoms with Gasteiger partial charge in [0.05, 0.1) is 18.6 Å². The molecular weight excluding hydrogens is 693 g/mol. The number of carbonyl (C=O) groups excluding carboxylic acids is 4. The van der Waals surface area contributed by atoms with Crippen LogP contribution in [-0.2, 0) is 30.3 Å². The van der Waals surface area contributed by atoms with Gasteiger partial charge in [-0.2, -0.15) is 0 Å². The highest BCUT2D eigenvalue weighted by molar-refractivity contribution is 7.09. The van der Waals surface area contributed by atoms with Crippen molar-refractivity contribution in [2.24, 2.45) is 23.7 Å². The highest BCUT2D eigenvalue weighted by Gasteiger charge is 2.38. The quantitative estimate of drug-likeness (QED) is 0.110. The number of methoxy groups -OCH3 is 1. The average Bonchev–Trinajstić information content (AvgIpc) is 3.63. The summed E-state index contributed by atoms with van der Waals surface area (Å²) in [4.78, 5) is 62.3. The van der Waals surface area contributed by atoms with Crippen LogP contribution in [-0.4, -0.2) is 95.6 Å². The van der Waals surface area contributed by atoms with Crippen LogP contribution in [0.1, 0.15) is 119 Å². The SMILES string of the molecule is CCOC(=O)C(C)C[C@H](Cc1ccc(C)cc1)NC(=O)c1csc([C@H](O)C[C@H](C(C)C)N(COC)C(=O)[C@@H](CC(=O)[C@H]2CCCCN2C)[C@@H](C)CC)n1. The lowest BCUT2D eigenvalue weighted by Crippen LogP contribution is -2.50. The third kappa shape index (κ3) is 13.0. The molecule has 11 nitrogen and oxygen atoms in total. The molecule has 2 N–H and O–H groups in total. The fourth-order valence-corrected chi connectivity index (χ4v) is 8.03. The Balaban J connectivity index is 1.78. The summed E-state index contributed by atoms with van der Waals surface area (Å²) in [7, 11) is 3.53. The van der Waals surface area contributed by atoms with Crippen molar-refractivity contribution in [1.29, 1.82) is 0 Å². The summed E-state index contributed by atoms with van der Waals surface area (Å²) in [6.45, 7) is 14.8. The number of esters is 1. The first-order chi connectivity index (χ1) is 25.2. The van der Waals surface area contributed by atoms with E-state index < -0.39 is 29.9 Å². The minimum atomic E-state index is -1.05. The molecule has 53 heavy (non-hydrogen) atoms. The summed E-state index contributed by atoms with van der Waals surface area (Å²) in [5, 5.41) is 16.6. The first-order valence-electron chi connectivity index (χ1n) is 19.4. The molecule has 1 unspecified atom stereocenters. The Labute approximate surface area is 321 Å². The van der Waals surface area contributed by atoms with Crippen molar-refractivity contribution in [3.63, 3.8) is 0 Å². The van der Waals surface area contributed by atoms with E-state index in [-0.39, 0.29) is 73.5 Å². The minimum absolute atomic E-state index is 0.0208. The lowest BCUT2D eigenvalue weighted by Gasteiger charge is -2.39. The molecular formula is C41H64N4O7S. The second kappa shape index (κ2) is 21.6. The van der Waals surface area contributed by atoms with Crippen LogP contribution in [0.15, 0.2) is 29.6 Å². The summed E-state index contributed by atoms with van der Waals surface area (Å²) in [6.07, 6.45) is 3.86. The number of carbonyl (C=O) groups is 4. The van der Waals surface area contributed by atoms with Gasteiger partial charge >= 0.3 is 5.97 Å². The molecule has 2 amide bonds. The third-order valence-corrected chi connectivity index (χ3v) is 11.6. The zero-order chi connectivity index (χ0) is 39.2. The van der Waals surface area contributed by atoms with Gasteiger partial charge in [-0.15, -0.1) is 11.3 Å². The van der Waals surface area contributed by atoms with Crippen LogP contribution >= 0.6 is 11.3 Å². The van der Waals surface area contributed by atoms with Crippen molar-refractivity contribution in [3.05, 3.63) is 51.5 Å². The van der Waals surface area contributed by atoms with E-state index in [1.54, 1.807) is 31.2 Å². The van der Waals surface area contributed by atoms with Crippen LogP contribution in [0.3, 0.4) is 0 Å². The number of amides is 2. The molecule has 1 aromatic heterocycles. The van der Waals surface area contributed by atoms with Crippen molar-refractivity contribution in [2.75, 3.05) is 34.0 Å². The number of aliphatic hydroxyl groups is 1. The van der Waals surface area contributed by atoms with Crippen LogP contribution in [0.5, 0.6) is 0 Å². The number of Topliss-reactive ketones (excluding diaryl/α,β-unsaturated/α-hetero) is 1. The maximum absolute atomic E-state index is 14.4. The Morgan fingerprint density at radius 3 is 2.38 bits per heavy atom. The van der Waals surface area contributed by atoms with Gasteiger partial charge in [-0.05, 0) is 70.5 Å². The minimum Gasteiger partial charge on any atom is -0.466 e. The number of hydrogen-bond acceptors (Lipinski definition) is 10. The van der Waals surface area contributed by atoms with Gasteiger partial charge in [0, 0.05) is 43.3 Å². The Bertz CT molecular complexity index is 1460. The van der Waals surface area contributed by atoms with Gasteiger partial charge in [-0.3, -0.25) is 24.1 Å². The number of likely N-dealkylation sites (N-methyl/N-ethyl adjacent to an activating group) is 1. The van der Waals surface area contributed by atoms with Crippen LogP contribution in [0.25, 0.3) is 0 Å². The number of ketones is 1. The van der Waals surface area contributed by atoms with Crippen molar-refractivity contribution in [3.8, 4) is 0 Å². The Kier molecular flexibility index (Phi) is 18.0. The number of likely N-dealkylation sites (tertiary alicyclic amines) is 1. The standard InChI is InChI=1S/C41H64N4O7S/c1-10-28(6)32(22-36(46)34-14-12-13-19-44(34)8)40(49)45(25-51-9)35(26(3)4)23-37(47)39-43-33(24-53-39)38(48)42-31(20-29(7)41(50)52-11-2)21-30-17-15-27(5)16-18-30/h15-18,24,26,28-29,31-32,34-35,37,47H,10-14,19-23,25H2,1-9H3,(H,42,48)/t28-,29?,31+,32-,34+,35+,37+/m0/s1. The molecule has 1 aliphatic heterocycles. The van der Waals surface area contributed by atoms with E-state index in [0.29, 0.717) is 17.8 Å². The van der Waals surface area contributed by atoms with E-state index in [9.17, 15) is 24.3 Å². The molecule has 2 heterocycles. The lowest BCUT2D eigenvalue weighted by molar-refractivity contribution is -0.150. The third-order valence-electron chi connectivity index (χ3n) is 10.7. The number of aromatic nitrogens is 1. The van der Waals surface area contributed by atoms with E-state index in [1.807, 2.05) is 65.9 Å². The largest absolute Gasteiger partial charge is 0.466 e. The molecule has 2 aromatic rings. The number of thiazole rings is 1. The van der Waals surface area contributed by atoms with Gasteiger partial charge in [0.15, 0.2) is 5.78 Å². The number of benzene rings is 1. The molecule has 1 fully saturated rings. The fourth-order valence-electron chi connectivity index (χ4n) is 7.23. The van der Waals surface area contributed by atoms with Crippen LogP contribution < -0.4 is 5.32 Å². The van der Waals surface area contributed by atoms with E-state index in [4.69, 9.17) is 9.47 Å². The van der Waals surface area contributed by atoms with Crippen molar-refractivity contribution < 1.29 is 33.8 Å². The van der Waals surface area contributed by atoms with E-state index in [1.165, 1.54) is 11.3 Å². The van der Waals surface area contributed by atoms with E-state index in [2.05, 4.69) is 15.2 Å². The number of aryl methyl sites for hydroxylation is 1. The van der Waals surface area contributed by atoms with Crippen LogP contribution in [0, 0.1) is 30.6 Å². The summed E-state index contributed by atoms with van der Waals surface area (Å²) in [5.74, 6) is -1.74.